The smallest absolute Gasteiger partial charge is 0.239 e. The van der Waals surface area contributed by atoms with Crippen molar-refractivity contribution in [3.8, 4) is 0 Å². The fourth-order valence-electron chi connectivity index (χ4n) is 3.09. The van der Waals surface area contributed by atoms with E-state index in [0.717, 1.165) is 23.2 Å². The Labute approximate surface area is 138 Å². The molecule has 0 radical (unpaired) electrons. The molecule has 1 atom stereocenters. The van der Waals surface area contributed by atoms with E-state index in [0.29, 0.717) is 26.1 Å². The third-order valence-electron chi connectivity index (χ3n) is 4.24. The number of rotatable bonds is 6. The summed E-state index contributed by atoms with van der Waals surface area (Å²) < 4.78 is 5.00. The number of hydrogen-bond acceptors (Lipinski definition) is 3. The van der Waals surface area contributed by atoms with Crippen molar-refractivity contribution in [2.24, 2.45) is 5.92 Å². The number of carbonyl (C=O) groups excluding carboxylic acids is 2. The van der Waals surface area contributed by atoms with E-state index in [1.54, 1.807) is 24.0 Å². The Bertz CT molecular complexity index is 565. The predicted octanol–water partition coefficient (Wildman–Crippen LogP) is 2.15. The Hall–Kier alpha value is -1.88. The second-order valence-electron chi connectivity index (χ2n) is 6.28. The second-order valence-corrected chi connectivity index (χ2v) is 6.28. The Morgan fingerprint density at radius 3 is 2.57 bits per heavy atom. The molecule has 1 unspecified atom stereocenters. The monoisotopic (exact) mass is 318 g/mol. The van der Waals surface area contributed by atoms with Gasteiger partial charge in [0.05, 0.1) is 0 Å². The highest BCUT2D eigenvalue weighted by Gasteiger charge is 2.38. The molecular weight excluding hydrogens is 292 g/mol. The molecule has 0 N–H and O–H groups in total. The highest BCUT2D eigenvalue weighted by atomic mass is 16.5. The van der Waals surface area contributed by atoms with Crippen LogP contribution >= 0.6 is 0 Å². The number of ether oxygens (including phenoxy) is 1. The lowest BCUT2D eigenvalue weighted by Crippen LogP contribution is -2.38. The molecule has 0 aliphatic carbocycles. The van der Waals surface area contributed by atoms with Crippen molar-refractivity contribution < 1.29 is 14.3 Å². The summed E-state index contributed by atoms with van der Waals surface area (Å²) in [7, 11) is 3.40. The summed E-state index contributed by atoms with van der Waals surface area (Å²) >= 11 is 0. The first-order valence-electron chi connectivity index (χ1n) is 8.07. The molecule has 1 aliphatic heterocycles. The summed E-state index contributed by atoms with van der Waals surface area (Å²) in [6.07, 6.45) is 1.36. The van der Waals surface area contributed by atoms with E-state index in [-0.39, 0.29) is 11.8 Å². The summed E-state index contributed by atoms with van der Waals surface area (Å²) in [6, 6.07) is 6.08. The molecule has 0 aromatic heterocycles. The van der Waals surface area contributed by atoms with Gasteiger partial charge in [-0.1, -0.05) is 6.07 Å². The number of methoxy groups -OCH3 is 1. The molecule has 5 nitrogen and oxygen atoms in total. The number of carbonyl (C=O) groups is 2. The van der Waals surface area contributed by atoms with Gasteiger partial charge in [-0.2, -0.15) is 0 Å². The van der Waals surface area contributed by atoms with Crippen LogP contribution in [0.1, 0.15) is 24.0 Å². The molecule has 1 aliphatic rings. The van der Waals surface area contributed by atoms with Gasteiger partial charge in [0.15, 0.2) is 0 Å². The minimum Gasteiger partial charge on any atom is -0.385 e. The van der Waals surface area contributed by atoms with E-state index < -0.39 is 5.92 Å². The van der Waals surface area contributed by atoms with E-state index >= 15 is 0 Å². The van der Waals surface area contributed by atoms with Crippen molar-refractivity contribution in [1.29, 1.82) is 0 Å². The van der Waals surface area contributed by atoms with Crippen molar-refractivity contribution in [3.63, 3.8) is 0 Å². The third kappa shape index (κ3) is 4.10. The van der Waals surface area contributed by atoms with Crippen LogP contribution in [0, 0.1) is 19.8 Å². The third-order valence-corrected chi connectivity index (χ3v) is 4.24. The number of benzene rings is 1. The van der Waals surface area contributed by atoms with Crippen molar-refractivity contribution >= 4 is 17.5 Å². The maximum absolute atomic E-state index is 12.7. The van der Waals surface area contributed by atoms with Gasteiger partial charge in [-0.15, -0.1) is 0 Å². The zero-order chi connectivity index (χ0) is 17.0. The summed E-state index contributed by atoms with van der Waals surface area (Å²) in [6.45, 7) is 5.86. The lowest BCUT2D eigenvalue weighted by molar-refractivity contribution is -0.138. The maximum Gasteiger partial charge on any atom is 0.239 e. The number of aryl methyl sites for hydroxylation is 2. The molecule has 1 heterocycles. The van der Waals surface area contributed by atoms with Gasteiger partial charge in [-0.3, -0.25) is 9.59 Å². The first-order chi connectivity index (χ1) is 10.9. The van der Waals surface area contributed by atoms with Gasteiger partial charge in [0, 0.05) is 39.5 Å². The van der Waals surface area contributed by atoms with Crippen LogP contribution in [-0.4, -0.2) is 50.6 Å². The first kappa shape index (κ1) is 17.5. The van der Waals surface area contributed by atoms with Crippen LogP contribution in [0.2, 0.25) is 0 Å². The number of anilines is 1. The molecule has 2 amide bonds. The van der Waals surface area contributed by atoms with E-state index in [2.05, 4.69) is 6.07 Å². The van der Waals surface area contributed by atoms with Gasteiger partial charge >= 0.3 is 0 Å². The Balaban J connectivity index is 2.04. The summed E-state index contributed by atoms with van der Waals surface area (Å²) in [5, 5.41) is 0. The Morgan fingerprint density at radius 1 is 1.30 bits per heavy atom. The Morgan fingerprint density at radius 2 is 1.96 bits per heavy atom. The topological polar surface area (TPSA) is 49.9 Å². The van der Waals surface area contributed by atoms with Crippen LogP contribution in [0.15, 0.2) is 18.2 Å². The van der Waals surface area contributed by atoms with Crippen molar-refractivity contribution in [2.75, 3.05) is 38.8 Å². The van der Waals surface area contributed by atoms with Gasteiger partial charge in [0.1, 0.15) is 5.92 Å². The molecule has 0 saturated carbocycles. The molecule has 1 aromatic rings. The van der Waals surface area contributed by atoms with Crippen LogP contribution in [0.5, 0.6) is 0 Å². The molecule has 126 valence electrons. The molecular formula is C18H26N2O3. The molecule has 0 bridgehead atoms. The van der Waals surface area contributed by atoms with Crippen molar-refractivity contribution in [3.05, 3.63) is 29.3 Å². The zero-order valence-electron chi connectivity index (χ0n) is 14.5. The van der Waals surface area contributed by atoms with E-state index in [4.69, 9.17) is 4.74 Å². The molecule has 1 saturated heterocycles. The maximum atomic E-state index is 12.7. The minimum atomic E-state index is -0.552. The fourth-order valence-corrected chi connectivity index (χ4v) is 3.09. The van der Waals surface area contributed by atoms with Crippen LogP contribution < -0.4 is 4.90 Å². The van der Waals surface area contributed by atoms with Crippen LogP contribution in [0.4, 0.5) is 5.69 Å². The quantitative estimate of drug-likeness (QED) is 0.596. The number of amides is 2. The Kier molecular flexibility index (Phi) is 5.77. The standard InChI is InChI=1S/C18H26N2O3/c1-13-10-14(2)12-15(11-13)20-8-6-16(18(20)22)17(21)19(3)7-5-9-23-4/h10-12,16H,5-9H2,1-4H3. The SMILES string of the molecule is COCCCN(C)C(=O)C1CCN(c2cc(C)cc(C)c2)C1=O. The van der Waals surface area contributed by atoms with E-state index in [9.17, 15) is 9.59 Å². The molecule has 23 heavy (non-hydrogen) atoms. The second kappa shape index (κ2) is 7.59. The number of hydrogen-bond donors (Lipinski definition) is 0. The van der Waals surface area contributed by atoms with E-state index in [1.807, 2.05) is 26.0 Å². The lowest BCUT2D eigenvalue weighted by atomic mass is 10.1. The van der Waals surface area contributed by atoms with Gasteiger partial charge < -0.3 is 14.5 Å². The lowest BCUT2D eigenvalue weighted by Gasteiger charge is -2.21. The van der Waals surface area contributed by atoms with Gasteiger partial charge in [-0.05, 0) is 49.9 Å². The fraction of sp³-hybridized carbons (Fsp3) is 0.556. The van der Waals surface area contributed by atoms with Crippen molar-refractivity contribution in [2.45, 2.75) is 26.7 Å². The minimum absolute atomic E-state index is 0.0846. The largest absolute Gasteiger partial charge is 0.385 e. The van der Waals surface area contributed by atoms with Crippen LogP contribution in [-0.2, 0) is 14.3 Å². The molecule has 1 aromatic carbocycles. The van der Waals surface area contributed by atoms with Crippen LogP contribution in [0.25, 0.3) is 0 Å². The highest BCUT2D eigenvalue weighted by molar-refractivity contribution is 6.09. The van der Waals surface area contributed by atoms with Gasteiger partial charge in [-0.25, -0.2) is 0 Å². The molecule has 1 fully saturated rings. The summed E-state index contributed by atoms with van der Waals surface area (Å²) in [5.74, 6) is -0.722. The highest BCUT2D eigenvalue weighted by Crippen LogP contribution is 2.28. The van der Waals surface area contributed by atoms with E-state index in [1.165, 1.54) is 0 Å². The molecule has 2 rings (SSSR count). The molecule has 5 heteroatoms. The summed E-state index contributed by atoms with van der Waals surface area (Å²) in [4.78, 5) is 28.5. The van der Waals surface area contributed by atoms with Gasteiger partial charge in [0.25, 0.3) is 0 Å². The molecule has 0 spiro atoms. The average Bonchev–Trinajstić information content (AvgIpc) is 2.87. The van der Waals surface area contributed by atoms with Crippen LogP contribution in [0.3, 0.4) is 0 Å². The first-order valence-corrected chi connectivity index (χ1v) is 8.07. The van der Waals surface area contributed by atoms with Gasteiger partial charge in [0.2, 0.25) is 11.8 Å². The van der Waals surface area contributed by atoms with Crippen molar-refractivity contribution in [1.82, 2.24) is 4.90 Å². The summed E-state index contributed by atoms with van der Waals surface area (Å²) in [5.41, 5.74) is 3.14. The predicted molar refractivity (Wildman–Crippen MR) is 90.5 cm³/mol. The normalized spacial score (nSPS) is 17.7. The zero-order valence-corrected chi connectivity index (χ0v) is 14.5. The average molecular weight is 318 g/mol. The number of nitrogens with zero attached hydrogens (tertiary/aromatic N) is 2.